The SMILES string of the molecule is CCCC(CCN)CCC(=O)N1CCCCO1. The molecule has 1 fully saturated rings. The highest BCUT2D eigenvalue weighted by Crippen LogP contribution is 2.18. The summed E-state index contributed by atoms with van der Waals surface area (Å²) in [5.74, 6) is 0.738. The summed E-state index contributed by atoms with van der Waals surface area (Å²) in [4.78, 5) is 17.2. The number of carbonyl (C=O) groups excluding carboxylic acids is 1. The molecule has 100 valence electrons. The van der Waals surface area contributed by atoms with Crippen LogP contribution >= 0.6 is 0 Å². The second-order valence-electron chi connectivity index (χ2n) is 4.81. The number of nitrogens with zero attached hydrogens (tertiary/aromatic N) is 1. The molecule has 1 unspecified atom stereocenters. The van der Waals surface area contributed by atoms with Gasteiger partial charge in [-0.2, -0.15) is 0 Å². The van der Waals surface area contributed by atoms with Gasteiger partial charge in [0.1, 0.15) is 0 Å². The van der Waals surface area contributed by atoms with Gasteiger partial charge in [0, 0.05) is 13.0 Å². The summed E-state index contributed by atoms with van der Waals surface area (Å²) in [6.45, 7) is 4.35. The molecule has 0 aromatic rings. The van der Waals surface area contributed by atoms with Crippen LogP contribution in [0.25, 0.3) is 0 Å². The molecule has 0 radical (unpaired) electrons. The minimum Gasteiger partial charge on any atom is -0.330 e. The van der Waals surface area contributed by atoms with Crippen molar-refractivity contribution < 1.29 is 9.63 Å². The van der Waals surface area contributed by atoms with Gasteiger partial charge in [0.05, 0.1) is 6.61 Å². The average Bonchev–Trinajstić information content (AvgIpc) is 2.37. The minimum atomic E-state index is 0.142. The van der Waals surface area contributed by atoms with E-state index in [1.165, 1.54) is 12.8 Å². The number of nitrogens with two attached hydrogens (primary N) is 1. The predicted molar refractivity (Wildman–Crippen MR) is 68.2 cm³/mol. The van der Waals surface area contributed by atoms with Crippen molar-refractivity contribution in [3.63, 3.8) is 0 Å². The number of hydrogen-bond acceptors (Lipinski definition) is 3. The van der Waals surface area contributed by atoms with Crippen molar-refractivity contribution in [1.29, 1.82) is 0 Å². The zero-order valence-corrected chi connectivity index (χ0v) is 11.0. The van der Waals surface area contributed by atoms with Gasteiger partial charge >= 0.3 is 0 Å². The molecule has 0 bridgehead atoms. The molecule has 1 saturated heterocycles. The normalized spacial score (nSPS) is 18.1. The molecule has 0 aromatic heterocycles. The van der Waals surface area contributed by atoms with Gasteiger partial charge in [-0.3, -0.25) is 9.63 Å². The molecule has 0 saturated carbocycles. The molecule has 2 N–H and O–H groups in total. The summed E-state index contributed by atoms with van der Waals surface area (Å²) in [6, 6.07) is 0. The number of rotatable bonds is 7. The molecule has 1 amide bonds. The smallest absolute Gasteiger partial charge is 0.246 e. The van der Waals surface area contributed by atoms with Crippen LogP contribution in [0.1, 0.15) is 51.9 Å². The highest BCUT2D eigenvalue weighted by Gasteiger charge is 2.18. The predicted octanol–water partition coefficient (Wildman–Crippen LogP) is 2.09. The van der Waals surface area contributed by atoms with E-state index in [9.17, 15) is 4.79 Å². The lowest BCUT2D eigenvalue weighted by molar-refractivity contribution is -0.197. The van der Waals surface area contributed by atoms with Crippen molar-refractivity contribution >= 4 is 5.91 Å². The van der Waals surface area contributed by atoms with Gasteiger partial charge in [-0.1, -0.05) is 19.8 Å². The average molecular weight is 242 g/mol. The van der Waals surface area contributed by atoms with Crippen LogP contribution in [0, 0.1) is 5.92 Å². The molecule has 0 aliphatic carbocycles. The molecule has 0 spiro atoms. The molecule has 4 heteroatoms. The Bertz CT molecular complexity index is 209. The van der Waals surface area contributed by atoms with Crippen LogP contribution in [0.4, 0.5) is 0 Å². The van der Waals surface area contributed by atoms with Gasteiger partial charge in [0.2, 0.25) is 5.91 Å². The Morgan fingerprint density at radius 1 is 1.35 bits per heavy atom. The summed E-state index contributed by atoms with van der Waals surface area (Å²) in [5, 5.41) is 1.55. The minimum absolute atomic E-state index is 0.142. The van der Waals surface area contributed by atoms with Crippen molar-refractivity contribution in [2.24, 2.45) is 11.7 Å². The fourth-order valence-corrected chi connectivity index (χ4v) is 2.32. The van der Waals surface area contributed by atoms with Crippen molar-refractivity contribution in [1.82, 2.24) is 5.06 Å². The highest BCUT2D eigenvalue weighted by atomic mass is 16.7. The fourth-order valence-electron chi connectivity index (χ4n) is 2.32. The number of amides is 1. The molecule has 4 nitrogen and oxygen atoms in total. The van der Waals surface area contributed by atoms with Crippen LogP contribution in [0.15, 0.2) is 0 Å². The quantitative estimate of drug-likeness (QED) is 0.743. The van der Waals surface area contributed by atoms with Crippen LogP contribution in [0.3, 0.4) is 0 Å². The van der Waals surface area contributed by atoms with Crippen molar-refractivity contribution in [2.75, 3.05) is 19.7 Å². The van der Waals surface area contributed by atoms with Gasteiger partial charge in [-0.25, -0.2) is 5.06 Å². The number of hydroxylamine groups is 2. The summed E-state index contributed by atoms with van der Waals surface area (Å²) >= 11 is 0. The molecule has 0 aromatic carbocycles. The van der Waals surface area contributed by atoms with Crippen molar-refractivity contribution in [2.45, 2.75) is 51.9 Å². The third kappa shape index (κ3) is 5.50. The topological polar surface area (TPSA) is 55.6 Å². The maximum atomic E-state index is 11.9. The maximum absolute atomic E-state index is 11.9. The Morgan fingerprint density at radius 2 is 2.18 bits per heavy atom. The summed E-state index contributed by atoms with van der Waals surface area (Å²) in [6.07, 6.45) is 7.04. The lowest BCUT2D eigenvalue weighted by Crippen LogP contribution is -2.35. The van der Waals surface area contributed by atoms with E-state index < -0.39 is 0 Å². The van der Waals surface area contributed by atoms with E-state index in [4.69, 9.17) is 10.6 Å². The lowest BCUT2D eigenvalue weighted by atomic mass is 9.94. The molecule has 1 atom stereocenters. The first-order valence-electron chi connectivity index (χ1n) is 6.91. The second-order valence-corrected chi connectivity index (χ2v) is 4.81. The summed E-state index contributed by atoms with van der Waals surface area (Å²) in [7, 11) is 0. The molecule has 1 heterocycles. The van der Waals surface area contributed by atoms with E-state index in [2.05, 4.69) is 6.92 Å². The van der Waals surface area contributed by atoms with E-state index in [0.29, 0.717) is 18.9 Å². The fraction of sp³-hybridized carbons (Fsp3) is 0.923. The Morgan fingerprint density at radius 3 is 2.76 bits per heavy atom. The Balaban J connectivity index is 2.24. The first-order valence-corrected chi connectivity index (χ1v) is 6.91. The monoisotopic (exact) mass is 242 g/mol. The lowest BCUT2D eigenvalue weighted by Gasteiger charge is -2.26. The molecular formula is C13H26N2O2. The van der Waals surface area contributed by atoms with E-state index in [-0.39, 0.29) is 5.91 Å². The van der Waals surface area contributed by atoms with Crippen molar-refractivity contribution in [3.05, 3.63) is 0 Å². The largest absolute Gasteiger partial charge is 0.330 e. The Labute approximate surface area is 104 Å². The van der Waals surface area contributed by atoms with Gasteiger partial charge in [0.25, 0.3) is 0 Å². The molecule has 17 heavy (non-hydrogen) atoms. The van der Waals surface area contributed by atoms with E-state index >= 15 is 0 Å². The molecule has 1 rings (SSSR count). The molecule has 1 aliphatic heterocycles. The van der Waals surface area contributed by atoms with Crippen LogP contribution < -0.4 is 5.73 Å². The van der Waals surface area contributed by atoms with Gasteiger partial charge in [-0.15, -0.1) is 0 Å². The Kier molecular flexibility index (Phi) is 7.21. The van der Waals surface area contributed by atoms with Crippen LogP contribution in [-0.2, 0) is 9.63 Å². The van der Waals surface area contributed by atoms with E-state index in [1.54, 1.807) is 5.06 Å². The highest BCUT2D eigenvalue weighted by molar-refractivity contribution is 5.75. The van der Waals surface area contributed by atoms with E-state index in [1.807, 2.05) is 0 Å². The second kappa shape index (κ2) is 8.48. The zero-order valence-electron chi connectivity index (χ0n) is 11.0. The van der Waals surface area contributed by atoms with Crippen LogP contribution in [0.2, 0.25) is 0 Å². The van der Waals surface area contributed by atoms with Gasteiger partial charge < -0.3 is 5.73 Å². The third-order valence-corrected chi connectivity index (χ3v) is 3.32. The molecular weight excluding hydrogens is 216 g/mol. The summed E-state index contributed by atoms with van der Waals surface area (Å²) in [5.41, 5.74) is 5.59. The van der Waals surface area contributed by atoms with E-state index in [0.717, 1.165) is 38.8 Å². The number of hydrogen-bond donors (Lipinski definition) is 1. The van der Waals surface area contributed by atoms with Crippen molar-refractivity contribution in [3.8, 4) is 0 Å². The van der Waals surface area contributed by atoms with Gasteiger partial charge in [-0.05, 0) is 38.1 Å². The first-order chi connectivity index (χ1) is 8.27. The molecule has 1 aliphatic rings. The maximum Gasteiger partial charge on any atom is 0.246 e. The van der Waals surface area contributed by atoms with Crippen LogP contribution in [-0.4, -0.2) is 30.7 Å². The van der Waals surface area contributed by atoms with Gasteiger partial charge in [0.15, 0.2) is 0 Å². The zero-order chi connectivity index (χ0) is 12.5. The first kappa shape index (κ1) is 14.5. The van der Waals surface area contributed by atoms with Crippen LogP contribution in [0.5, 0.6) is 0 Å². The third-order valence-electron chi connectivity index (χ3n) is 3.32. The standard InChI is InChI=1S/C13H26N2O2/c1-2-5-12(8-9-14)6-7-13(16)15-10-3-4-11-17-15/h12H,2-11,14H2,1H3. The Hall–Kier alpha value is -0.610. The number of carbonyl (C=O) groups is 1. The summed E-state index contributed by atoms with van der Waals surface area (Å²) < 4.78 is 0.